The van der Waals surface area contributed by atoms with Gasteiger partial charge >= 0.3 is 0 Å². The molecule has 0 aromatic heterocycles. The molecule has 4 rings (SSSR count). The monoisotopic (exact) mass is 438 g/mol. The van der Waals surface area contributed by atoms with Crippen molar-refractivity contribution in [2.45, 2.75) is 31.3 Å². The molecule has 0 radical (unpaired) electrons. The zero-order chi connectivity index (χ0) is 22.0. The lowest BCUT2D eigenvalue weighted by molar-refractivity contribution is -0.158. The van der Waals surface area contributed by atoms with Crippen LogP contribution in [0.15, 0.2) is 54.6 Å². The van der Waals surface area contributed by atoms with E-state index in [9.17, 15) is 18.3 Å². The Morgan fingerprint density at radius 3 is 2.45 bits per heavy atom. The molecule has 0 unspecified atom stereocenters. The first-order valence-electron chi connectivity index (χ1n) is 10.5. The average Bonchev–Trinajstić information content (AvgIpc) is 2.77. The zero-order valence-electron chi connectivity index (χ0n) is 17.4. The predicted molar refractivity (Wildman–Crippen MR) is 119 cm³/mol. The Morgan fingerprint density at radius 2 is 1.81 bits per heavy atom. The molecule has 2 aliphatic heterocycles. The Morgan fingerprint density at radius 1 is 1.10 bits per heavy atom. The molecule has 2 fully saturated rings. The summed E-state index contributed by atoms with van der Waals surface area (Å²) >= 11 is 0. The zero-order valence-corrected chi connectivity index (χ0v) is 18.3. The third-order valence-electron chi connectivity index (χ3n) is 6.14. The van der Waals surface area contributed by atoms with E-state index < -0.39 is 10.0 Å². The molecular weight excluding hydrogens is 412 g/mol. The number of fused-ring (bicyclic) bond motifs is 1. The highest BCUT2D eigenvalue weighted by atomic mass is 32.2. The Labute approximate surface area is 183 Å². The molecule has 2 heterocycles. The van der Waals surface area contributed by atoms with E-state index in [4.69, 9.17) is 0 Å². The smallest absolute Gasteiger partial charge is 0.238 e. The van der Waals surface area contributed by atoms with Gasteiger partial charge < -0.3 is 10.0 Å². The van der Waals surface area contributed by atoms with Gasteiger partial charge in [-0.1, -0.05) is 54.3 Å². The van der Waals surface area contributed by atoms with Crippen molar-refractivity contribution in [1.82, 2.24) is 9.21 Å². The Bertz CT molecular complexity index is 1100. The molecule has 2 aromatic carbocycles. The highest BCUT2D eigenvalue weighted by Gasteiger charge is 2.55. The molecule has 0 aliphatic carbocycles. The predicted octanol–water partition coefficient (Wildman–Crippen LogP) is 1.60. The molecule has 6 nitrogen and oxygen atoms in total. The highest BCUT2D eigenvalue weighted by molar-refractivity contribution is 7.89. The molecule has 2 saturated heterocycles. The van der Waals surface area contributed by atoms with Crippen molar-refractivity contribution in [3.05, 3.63) is 71.3 Å². The van der Waals surface area contributed by atoms with Gasteiger partial charge in [-0.25, -0.2) is 8.42 Å². The molecule has 0 spiro atoms. The number of benzene rings is 2. The molecule has 0 saturated carbocycles. The lowest BCUT2D eigenvalue weighted by Crippen LogP contribution is -2.73. The Balaban J connectivity index is 1.50. The van der Waals surface area contributed by atoms with Crippen LogP contribution >= 0.6 is 0 Å². The van der Waals surface area contributed by atoms with E-state index in [1.807, 2.05) is 54.6 Å². The van der Waals surface area contributed by atoms with Gasteiger partial charge in [-0.05, 0) is 30.2 Å². The number of rotatable bonds is 5. The van der Waals surface area contributed by atoms with E-state index in [0.717, 1.165) is 11.1 Å². The van der Waals surface area contributed by atoms with Crippen molar-refractivity contribution in [3.8, 4) is 11.8 Å². The van der Waals surface area contributed by atoms with Gasteiger partial charge in [-0.3, -0.25) is 4.79 Å². The van der Waals surface area contributed by atoms with Gasteiger partial charge in [-0.15, -0.1) is 0 Å². The number of piperazine rings is 1. The number of aliphatic hydroxyl groups is 1. The molecule has 2 aliphatic rings. The summed E-state index contributed by atoms with van der Waals surface area (Å²) in [6.07, 6.45) is 0.679. The lowest BCUT2D eigenvalue weighted by Gasteiger charge is -2.58. The van der Waals surface area contributed by atoms with Crippen molar-refractivity contribution in [3.63, 3.8) is 0 Å². The van der Waals surface area contributed by atoms with Gasteiger partial charge in [0.05, 0.1) is 31.0 Å². The van der Waals surface area contributed by atoms with Crippen LogP contribution in [0.2, 0.25) is 0 Å². The number of amides is 1. The number of nitrogens with zero attached hydrogens (tertiary/aromatic N) is 2. The summed E-state index contributed by atoms with van der Waals surface area (Å²) in [5.41, 5.74) is 3.05. The molecule has 3 atom stereocenters. The van der Waals surface area contributed by atoms with Crippen molar-refractivity contribution >= 4 is 15.9 Å². The summed E-state index contributed by atoms with van der Waals surface area (Å²) in [5, 5.41) is 9.88. The molecular formula is C24H26N2O4S. The summed E-state index contributed by atoms with van der Waals surface area (Å²) in [6.45, 7) is 1.55. The van der Waals surface area contributed by atoms with E-state index in [1.165, 1.54) is 9.87 Å². The van der Waals surface area contributed by atoms with E-state index in [0.29, 0.717) is 6.42 Å². The maximum Gasteiger partial charge on any atom is 0.238 e. The van der Waals surface area contributed by atoms with Crippen LogP contribution in [0.3, 0.4) is 0 Å². The molecule has 0 bridgehead atoms. The molecule has 7 heteroatoms. The van der Waals surface area contributed by atoms with Crippen LogP contribution in [-0.4, -0.2) is 66.2 Å². The van der Waals surface area contributed by atoms with E-state index in [-0.39, 0.29) is 49.4 Å². The minimum absolute atomic E-state index is 0.0303. The third-order valence-corrected chi connectivity index (χ3v) is 7.94. The van der Waals surface area contributed by atoms with Crippen LogP contribution in [0.1, 0.15) is 29.5 Å². The number of aliphatic hydroxyl groups excluding tert-OH is 1. The SMILES string of the molecule is CCS(=O)(=O)N1CC(=O)N2[C@@H](CO)[C@H](c3ccc(C#CCc4ccccc4)cc3)[C@@H]2C1. The third kappa shape index (κ3) is 4.24. The van der Waals surface area contributed by atoms with Crippen LogP contribution in [0.4, 0.5) is 0 Å². The summed E-state index contributed by atoms with van der Waals surface area (Å²) < 4.78 is 25.9. The maximum absolute atomic E-state index is 12.6. The van der Waals surface area contributed by atoms with Gasteiger partial charge in [0.1, 0.15) is 0 Å². The first-order valence-corrected chi connectivity index (χ1v) is 12.1. The first-order chi connectivity index (χ1) is 14.9. The molecule has 2 aromatic rings. The summed E-state index contributed by atoms with van der Waals surface area (Å²) in [6, 6.07) is 17.3. The van der Waals surface area contributed by atoms with Gasteiger partial charge in [-0.2, -0.15) is 4.31 Å². The summed E-state index contributed by atoms with van der Waals surface area (Å²) in [4.78, 5) is 14.2. The quantitative estimate of drug-likeness (QED) is 0.720. The number of carbonyl (C=O) groups is 1. The second-order valence-corrected chi connectivity index (χ2v) is 10.2. The van der Waals surface area contributed by atoms with E-state index >= 15 is 0 Å². The van der Waals surface area contributed by atoms with Crippen LogP contribution < -0.4 is 0 Å². The summed E-state index contributed by atoms with van der Waals surface area (Å²) in [7, 11) is -3.44. The second kappa shape index (κ2) is 8.83. The highest BCUT2D eigenvalue weighted by Crippen LogP contribution is 2.43. The lowest BCUT2D eigenvalue weighted by atomic mass is 9.74. The Kier molecular flexibility index (Phi) is 6.15. The van der Waals surface area contributed by atoms with Crippen molar-refractivity contribution in [2.75, 3.05) is 25.4 Å². The minimum atomic E-state index is -3.44. The number of carbonyl (C=O) groups excluding carboxylic acids is 1. The van der Waals surface area contributed by atoms with Crippen LogP contribution in [0, 0.1) is 11.8 Å². The van der Waals surface area contributed by atoms with Crippen molar-refractivity contribution in [2.24, 2.45) is 0 Å². The van der Waals surface area contributed by atoms with Gasteiger partial charge in [0, 0.05) is 24.4 Å². The van der Waals surface area contributed by atoms with Crippen LogP contribution in [0.25, 0.3) is 0 Å². The summed E-state index contributed by atoms with van der Waals surface area (Å²) in [5.74, 6) is 5.97. The van der Waals surface area contributed by atoms with Crippen molar-refractivity contribution in [1.29, 1.82) is 0 Å². The van der Waals surface area contributed by atoms with Crippen molar-refractivity contribution < 1.29 is 18.3 Å². The fourth-order valence-corrected chi connectivity index (χ4v) is 5.55. The van der Waals surface area contributed by atoms with Crippen LogP contribution in [0.5, 0.6) is 0 Å². The topological polar surface area (TPSA) is 77.9 Å². The fourth-order valence-electron chi connectivity index (χ4n) is 4.50. The standard InChI is InChI=1S/C24H26N2O4S/c1-2-31(29,30)25-15-21-24(22(17-27)26(21)23(28)16-25)20-13-11-19(12-14-20)10-6-9-18-7-4-3-5-8-18/h3-5,7-8,11-14,21-22,24,27H,2,9,15-17H2,1H3/t21-,22-,24+/m0/s1. The molecule has 1 N–H and O–H groups in total. The average molecular weight is 439 g/mol. The van der Waals surface area contributed by atoms with Gasteiger partial charge in [0.2, 0.25) is 15.9 Å². The van der Waals surface area contributed by atoms with E-state index in [2.05, 4.69) is 11.8 Å². The minimum Gasteiger partial charge on any atom is -0.394 e. The van der Waals surface area contributed by atoms with Gasteiger partial charge in [0.25, 0.3) is 0 Å². The van der Waals surface area contributed by atoms with Gasteiger partial charge in [0.15, 0.2) is 0 Å². The number of sulfonamides is 1. The van der Waals surface area contributed by atoms with E-state index in [1.54, 1.807) is 11.8 Å². The first kappa shape index (κ1) is 21.6. The fraction of sp³-hybridized carbons (Fsp3) is 0.375. The number of hydrogen-bond acceptors (Lipinski definition) is 4. The normalized spacial score (nSPS) is 23.5. The molecule has 31 heavy (non-hydrogen) atoms. The maximum atomic E-state index is 12.6. The molecule has 1 amide bonds. The largest absolute Gasteiger partial charge is 0.394 e. The number of hydrogen-bond donors (Lipinski definition) is 1. The Hall–Kier alpha value is -2.66. The second-order valence-electron chi connectivity index (χ2n) is 7.92. The molecule has 162 valence electrons. The van der Waals surface area contributed by atoms with Crippen LogP contribution in [-0.2, 0) is 21.2 Å².